The molecule has 1 saturated heterocycles. The van der Waals surface area contributed by atoms with Crippen molar-refractivity contribution in [3.05, 3.63) is 29.8 Å². The van der Waals surface area contributed by atoms with Crippen LogP contribution in [0.4, 0.5) is 5.69 Å². The maximum absolute atomic E-state index is 12.0. The van der Waals surface area contributed by atoms with Gasteiger partial charge in [-0.3, -0.25) is 9.59 Å². The third kappa shape index (κ3) is 3.97. The Kier molecular flexibility index (Phi) is 4.21. The number of benzene rings is 1. The molecule has 0 radical (unpaired) electrons. The topological polar surface area (TPSA) is 61.4 Å². The van der Waals surface area contributed by atoms with E-state index < -0.39 is 0 Å². The van der Waals surface area contributed by atoms with E-state index in [0.717, 1.165) is 18.7 Å². The van der Waals surface area contributed by atoms with E-state index in [0.29, 0.717) is 5.56 Å². The standard InChI is InChI=1S/C16H23N3O2/c1-16(2,3)18-14(20)11-5-7-12(8-6-11)17-13-9-10-19(4)15(13)21/h5-8,13,17H,9-10H2,1-4H3,(H,18,20)/t13-/m1/s1. The number of likely N-dealkylation sites (N-methyl/N-ethyl adjacent to an activating group) is 1. The molecule has 2 N–H and O–H groups in total. The van der Waals surface area contributed by atoms with Gasteiger partial charge in [-0.05, 0) is 51.5 Å². The van der Waals surface area contributed by atoms with E-state index in [1.807, 2.05) is 40.0 Å². The van der Waals surface area contributed by atoms with E-state index in [9.17, 15) is 9.59 Å². The molecular weight excluding hydrogens is 266 g/mol. The van der Waals surface area contributed by atoms with Crippen LogP contribution in [0, 0.1) is 0 Å². The first-order valence-electron chi connectivity index (χ1n) is 7.20. The third-order valence-electron chi connectivity index (χ3n) is 3.40. The predicted octanol–water partition coefficient (Wildman–Crippen LogP) is 1.86. The second kappa shape index (κ2) is 5.76. The molecule has 5 nitrogen and oxygen atoms in total. The molecule has 1 aromatic rings. The van der Waals surface area contributed by atoms with Gasteiger partial charge in [0.25, 0.3) is 5.91 Å². The van der Waals surface area contributed by atoms with Crippen molar-refractivity contribution < 1.29 is 9.59 Å². The minimum atomic E-state index is -0.255. The van der Waals surface area contributed by atoms with Gasteiger partial charge in [-0.25, -0.2) is 0 Å². The Morgan fingerprint density at radius 3 is 2.33 bits per heavy atom. The van der Waals surface area contributed by atoms with Crippen LogP contribution in [0.3, 0.4) is 0 Å². The molecule has 0 aliphatic carbocycles. The lowest BCUT2D eigenvalue weighted by Gasteiger charge is -2.20. The summed E-state index contributed by atoms with van der Waals surface area (Å²) >= 11 is 0. The highest BCUT2D eigenvalue weighted by Crippen LogP contribution is 2.17. The zero-order valence-corrected chi connectivity index (χ0v) is 13.1. The minimum Gasteiger partial charge on any atom is -0.374 e. The van der Waals surface area contributed by atoms with Gasteiger partial charge >= 0.3 is 0 Å². The Morgan fingerprint density at radius 2 is 1.86 bits per heavy atom. The van der Waals surface area contributed by atoms with Gasteiger partial charge in [-0.2, -0.15) is 0 Å². The van der Waals surface area contributed by atoms with Crippen molar-refractivity contribution in [3.8, 4) is 0 Å². The van der Waals surface area contributed by atoms with Crippen molar-refractivity contribution in [2.45, 2.75) is 38.8 Å². The van der Waals surface area contributed by atoms with E-state index >= 15 is 0 Å². The number of nitrogens with one attached hydrogen (secondary N) is 2. The fourth-order valence-corrected chi connectivity index (χ4v) is 2.29. The Hall–Kier alpha value is -2.04. The maximum atomic E-state index is 12.0. The molecule has 1 aliphatic rings. The highest BCUT2D eigenvalue weighted by atomic mass is 16.2. The summed E-state index contributed by atoms with van der Waals surface area (Å²) < 4.78 is 0. The van der Waals surface area contributed by atoms with Gasteiger partial charge in [-0.15, -0.1) is 0 Å². The van der Waals surface area contributed by atoms with Crippen LogP contribution in [0.1, 0.15) is 37.6 Å². The summed E-state index contributed by atoms with van der Waals surface area (Å²) in [4.78, 5) is 25.6. The molecule has 1 heterocycles. The lowest BCUT2D eigenvalue weighted by Crippen LogP contribution is -2.40. The molecule has 0 aromatic heterocycles. The van der Waals surface area contributed by atoms with Crippen LogP contribution >= 0.6 is 0 Å². The van der Waals surface area contributed by atoms with Crippen molar-refractivity contribution in [2.75, 3.05) is 18.9 Å². The van der Waals surface area contributed by atoms with Gasteiger partial charge in [-0.1, -0.05) is 0 Å². The van der Waals surface area contributed by atoms with Crippen molar-refractivity contribution in [1.82, 2.24) is 10.2 Å². The average Bonchev–Trinajstić information content (AvgIpc) is 2.69. The average molecular weight is 289 g/mol. The largest absolute Gasteiger partial charge is 0.374 e. The minimum absolute atomic E-state index is 0.0919. The smallest absolute Gasteiger partial charge is 0.251 e. The highest BCUT2D eigenvalue weighted by Gasteiger charge is 2.28. The molecule has 5 heteroatoms. The molecule has 0 bridgehead atoms. The van der Waals surface area contributed by atoms with Gasteiger partial charge in [0, 0.05) is 30.4 Å². The van der Waals surface area contributed by atoms with Gasteiger partial charge in [0.05, 0.1) is 0 Å². The monoisotopic (exact) mass is 289 g/mol. The number of carbonyl (C=O) groups excluding carboxylic acids is 2. The fourth-order valence-electron chi connectivity index (χ4n) is 2.29. The number of carbonyl (C=O) groups is 2. The van der Waals surface area contributed by atoms with Crippen molar-refractivity contribution in [1.29, 1.82) is 0 Å². The van der Waals surface area contributed by atoms with Gasteiger partial charge in [0.15, 0.2) is 0 Å². The quantitative estimate of drug-likeness (QED) is 0.893. The SMILES string of the molecule is CN1CC[C@@H](Nc2ccc(C(=O)NC(C)(C)C)cc2)C1=O. The Bertz CT molecular complexity index is 531. The van der Waals surface area contributed by atoms with E-state index in [1.165, 1.54) is 0 Å². The molecule has 0 unspecified atom stereocenters. The Labute approximate surface area is 125 Å². The number of hydrogen-bond acceptors (Lipinski definition) is 3. The molecule has 1 aromatic carbocycles. The Morgan fingerprint density at radius 1 is 1.24 bits per heavy atom. The molecule has 2 rings (SSSR count). The summed E-state index contributed by atoms with van der Waals surface area (Å²) in [6.07, 6.45) is 0.807. The van der Waals surface area contributed by atoms with Gasteiger partial charge in [0.2, 0.25) is 5.91 Å². The molecule has 2 amide bonds. The lowest BCUT2D eigenvalue weighted by atomic mass is 10.1. The van der Waals surface area contributed by atoms with Crippen molar-refractivity contribution in [2.24, 2.45) is 0 Å². The van der Waals surface area contributed by atoms with Crippen LogP contribution in [-0.4, -0.2) is 41.9 Å². The molecular formula is C16H23N3O2. The molecule has 1 fully saturated rings. The van der Waals surface area contributed by atoms with Crippen molar-refractivity contribution in [3.63, 3.8) is 0 Å². The number of rotatable bonds is 3. The van der Waals surface area contributed by atoms with Crippen LogP contribution in [0.15, 0.2) is 24.3 Å². The van der Waals surface area contributed by atoms with Gasteiger partial charge < -0.3 is 15.5 Å². The maximum Gasteiger partial charge on any atom is 0.251 e. The molecule has 1 atom stereocenters. The molecule has 0 spiro atoms. The molecule has 21 heavy (non-hydrogen) atoms. The van der Waals surface area contributed by atoms with Crippen LogP contribution in [0.5, 0.6) is 0 Å². The van der Waals surface area contributed by atoms with E-state index in [1.54, 1.807) is 17.0 Å². The first-order valence-corrected chi connectivity index (χ1v) is 7.20. The van der Waals surface area contributed by atoms with Crippen LogP contribution in [0.25, 0.3) is 0 Å². The number of hydrogen-bond donors (Lipinski definition) is 2. The fraction of sp³-hybridized carbons (Fsp3) is 0.500. The molecule has 114 valence electrons. The predicted molar refractivity (Wildman–Crippen MR) is 83.3 cm³/mol. The number of anilines is 1. The second-order valence-corrected chi connectivity index (χ2v) is 6.53. The third-order valence-corrected chi connectivity index (χ3v) is 3.40. The number of nitrogens with zero attached hydrogens (tertiary/aromatic N) is 1. The lowest BCUT2D eigenvalue weighted by molar-refractivity contribution is -0.127. The second-order valence-electron chi connectivity index (χ2n) is 6.53. The van der Waals surface area contributed by atoms with E-state index in [4.69, 9.17) is 0 Å². The van der Waals surface area contributed by atoms with Crippen LogP contribution in [0.2, 0.25) is 0 Å². The summed E-state index contributed by atoms with van der Waals surface area (Å²) in [6.45, 7) is 6.62. The molecule has 1 aliphatic heterocycles. The van der Waals surface area contributed by atoms with E-state index in [-0.39, 0.29) is 23.4 Å². The summed E-state index contributed by atoms with van der Waals surface area (Å²) in [5, 5.41) is 6.13. The first kappa shape index (κ1) is 15.4. The number of likely N-dealkylation sites (tertiary alicyclic amines) is 1. The van der Waals surface area contributed by atoms with Crippen molar-refractivity contribution >= 4 is 17.5 Å². The highest BCUT2D eigenvalue weighted by molar-refractivity contribution is 5.95. The van der Waals surface area contributed by atoms with Gasteiger partial charge in [0.1, 0.15) is 6.04 Å². The zero-order valence-electron chi connectivity index (χ0n) is 13.1. The Balaban J connectivity index is 1.99. The summed E-state index contributed by atoms with van der Waals surface area (Å²) in [7, 11) is 1.81. The van der Waals surface area contributed by atoms with E-state index in [2.05, 4.69) is 10.6 Å². The van der Waals surface area contributed by atoms with Crippen LogP contribution < -0.4 is 10.6 Å². The zero-order chi connectivity index (χ0) is 15.6. The summed E-state index contributed by atoms with van der Waals surface area (Å²) in [5.41, 5.74) is 1.22. The molecule has 0 saturated carbocycles. The van der Waals surface area contributed by atoms with Crippen LogP contribution in [-0.2, 0) is 4.79 Å². The summed E-state index contributed by atoms with van der Waals surface area (Å²) in [6, 6.07) is 7.05. The normalized spacial score (nSPS) is 18.8. The summed E-state index contributed by atoms with van der Waals surface area (Å²) in [5.74, 6) is 0.0234. The first-order chi connectivity index (χ1) is 9.76. The number of amides is 2.